The molecule has 0 saturated carbocycles. The van der Waals surface area contributed by atoms with E-state index in [2.05, 4.69) is 11.1 Å². The van der Waals surface area contributed by atoms with Gasteiger partial charge in [0.25, 0.3) is 0 Å². The van der Waals surface area contributed by atoms with Crippen LogP contribution in [0.5, 0.6) is 5.75 Å². The van der Waals surface area contributed by atoms with Crippen LogP contribution in [0.15, 0.2) is 48.5 Å². The zero-order chi connectivity index (χ0) is 19.3. The summed E-state index contributed by atoms with van der Waals surface area (Å²) in [7, 11) is 1.62. The van der Waals surface area contributed by atoms with Crippen LogP contribution in [-0.2, 0) is 29.1 Å². The normalized spacial score (nSPS) is 19.0. The number of piperazine rings is 1. The van der Waals surface area contributed by atoms with Crippen molar-refractivity contribution in [1.82, 2.24) is 14.8 Å². The number of amides is 2. The lowest BCUT2D eigenvalue weighted by Crippen LogP contribution is -2.61. The maximum absolute atomic E-state index is 13.2. The lowest BCUT2D eigenvalue weighted by atomic mass is 9.93. The maximum Gasteiger partial charge on any atom is 0.246 e. The first-order valence-electron chi connectivity index (χ1n) is 9.43. The first kappa shape index (κ1) is 16.9. The molecule has 0 spiro atoms. The molecule has 1 aromatic heterocycles. The third-order valence-corrected chi connectivity index (χ3v) is 5.78. The number of ether oxygens (including phenoxy) is 1. The van der Waals surface area contributed by atoms with Gasteiger partial charge in [-0.3, -0.25) is 9.59 Å². The van der Waals surface area contributed by atoms with Gasteiger partial charge in [-0.25, -0.2) is 0 Å². The van der Waals surface area contributed by atoms with Crippen molar-refractivity contribution in [2.24, 2.45) is 0 Å². The van der Waals surface area contributed by atoms with Gasteiger partial charge in [0.15, 0.2) is 0 Å². The number of carbonyl (C=O) groups is 2. The highest BCUT2D eigenvalue weighted by Crippen LogP contribution is 2.32. The van der Waals surface area contributed by atoms with E-state index in [1.807, 2.05) is 42.5 Å². The Balaban J connectivity index is 1.42. The van der Waals surface area contributed by atoms with Crippen LogP contribution in [0.4, 0.5) is 0 Å². The number of nitrogens with zero attached hydrogens (tertiary/aromatic N) is 2. The minimum absolute atomic E-state index is 0.00224. The quantitative estimate of drug-likeness (QED) is 0.765. The van der Waals surface area contributed by atoms with E-state index in [-0.39, 0.29) is 18.4 Å². The van der Waals surface area contributed by atoms with Crippen molar-refractivity contribution in [2.45, 2.75) is 25.6 Å². The molecule has 6 nitrogen and oxygen atoms in total. The number of aromatic nitrogens is 1. The first-order chi connectivity index (χ1) is 13.6. The fraction of sp³-hybridized carbons (Fsp3) is 0.273. The number of carbonyl (C=O) groups excluding carboxylic acids is 2. The van der Waals surface area contributed by atoms with Gasteiger partial charge in [-0.15, -0.1) is 0 Å². The van der Waals surface area contributed by atoms with Crippen LogP contribution in [0, 0.1) is 0 Å². The lowest BCUT2D eigenvalue weighted by Gasteiger charge is -2.42. The van der Waals surface area contributed by atoms with E-state index in [0.29, 0.717) is 19.5 Å². The maximum atomic E-state index is 13.2. The van der Waals surface area contributed by atoms with E-state index in [9.17, 15) is 9.59 Å². The molecule has 142 valence electrons. The zero-order valence-electron chi connectivity index (χ0n) is 15.6. The SMILES string of the molecule is COc1ccc(CN2CC(=O)N3Cc4[nH]c5ccccc5c4C[C@H]3C2=O)cc1. The fourth-order valence-corrected chi connectivity index (χ4v) is 4.32. The van der Waals surface area contributed by atoms with E-state index in [1.54, 1.807) is 16.9 Å². The predicted molar refractivity (Wildman–Crippen MR) is 105 cm³/mol. The van der Waals surface area contributed by atoms with Crippen LogP contribution in [0.1, 0.15) is 16.8 Å². The molecular weight excluding hydrogens is 354 g/mol. The number of aromatic amines is 1. The zero-order valence-corrected chi connectivity index (χ0v) is 15.6. The van der Waals surface area contributed by atoms with Crippen molar-refractivity contribution in [3.8, 4) is 5.75 Å². The second-order valence-corrected chi connectivity index (χ2v) is 7.41. The number of fused-ring (bicyclic) bond motifs is 4. The topological polar surface area (TPSA) is 65.6 Å². The highest BCUT2D eigenvalue weighted by atomic mass is 16.5. The molecule has 28 heavy (non-hydrogen) atoms. The molecule has 0 aliphatic carbocycles. The minimum atomic E-state index is -0.425. The number of methoxy groups -OCH3 is 1. The molecule has 1 fully saturated rings. The summed E-state index contributed by atoms with van der Waals surface area (Å²) in [4.78, 5) is 32.8. The molecule has 0 radical (unpaired) electrons. The van der Waals surface area contributed by atoms with Crippen LogP contribution < -0.4 is 4.74 Å². The van der Waals surface area contributed by atoms with Crippen LogP contribution in [0.3, 0.4) is 0 Å². The number of H-pyrrole nitrogens is 1. The summed E-state index contributed by atoms with van der Waals surface area (Å²) in [5.74, 6) is 0.795. The average Bonchev–Trinajstić information content (AvgIpc) is 3.09. The summed E-state index contributed by atoms with van der Waals surface area (Å²) in [6.45, 7) is 1.02. The monoisotopic (exact) mass is 375 g/mol. The van der Waals surface area contributed by atoms with Crippen molar-refractivity contribution >= 4 is 22.7 Å². The van der Waals surface area contributed by atoms with Gasteiger partial charge in [0.2, 0.25) is 11.8 Å². The number of benzene rings is 2. The highest BCUT2D eigenvalue weighted by Gasteiger charge is 2.42. The van der Waals surface area contributed by atoms with E-state index < -0.39 is 6.04 Å². The van der Waals surface area contributed by atoms with E-state index in [0.717, 1.165) is 33.5 Å². The fourth-order valence-electron chi connectivity index (χ4n) is 4.32. The Morgan fingerprint density at radius 3 is 2.64 bits per heavy atom. The molecule has 1 N–H and O–H groups in total. The van der Waals surface area contributed by atoms with Crippen molar-refractivity contribution in [3.05, 3.63) is 65.4 Å². The van der Waals surface area contributed by atoms with Crippen molar-refractivity contribution in [1.29, 1.82) is 0 Å². The van der Waals surface area contributed by atoms with E-state index in [1.165, 1.54) is 0 Å². The molecule has 6 heteroatoms. The molecule has 2 aliphatic rings. The minimum Gasteiger partial charge on any atom is -0.497 e. The highest BCUT2D eigenvalue weighted by molar-refractivity contribution is 5.96. The average molecular weight is 375 g/mol. The Morgan fingerprint density at radius 2 is 1.86 bits per heavy atom. The van der Waals surface area contributed by atoms with Crippen LogP contribution in [-0.4, -0.2) is 46.3 Å². The Labute approximate surface area is 162 Å². The number of rotatable bonds is 3. The number of hydrogen-bond donors (Lipinski definition) is 1. The Bertz CT molecular complexity index is 1070. The van der Waals surface area contributed by atoms with Gasteiger partial charge in [0.1, 0.15) is 18.3 Å². The summed E-state index contributed by atoms with van der Waals surface area (Å²) in [6, 6.07) is 15.3. The van der Waals surface area contributed by atoms with Crippen LogP contribution in [0.25, 0.3) is 10.9 Å². The molecule has 5 rings (SSSR count). The van der Waals surface area contributed by atoms with Crippen molar-refractivity contribution in [3.63, 3.8) is 0 Å². The molecule has 1 saturated heterocycles. The van der Waals surface area contributed by atoms with Gasteiger partial charge in [0.05, 0.1) is 13.7 Å². The lowest BCUT2D eigenvalue weighted by molar-refractivity contribution is -0.157. The third-order valence-electron chi connectivity index (χ3n) is 5.78. The largest absolute Gasteiger partial charge is 0.497 e. The smallest absolute Gasteiger partial charge is 0.246 e. The van der Waals surface area contributed by atoms with Gasteiger partial charge in [0, 0.05) is 29.6 Å². The van der Waals surface area contributed by atoms with Crippen LogP contribution >= 0.6 is 0 Å². The molecule has 0 unspecified atom stereocenters. The van der Waals surface area contributed by atoms with E-state index in [4.69, 9.17) is 4.74 Å². The van der Waals surface area contributed by atoms with Gasteiger partial charge in [-0.2, -0.15) is 0 Å². The molecule has 0 bridgehead atoms. The second kappa shape index (κ2) is 6.41. The van der Waals surface area contributed by atoms with Gasteiger partial charge in [-0.05, 0) is 29.3 Å². The molecule has 1 atom stereocenters. The predicted octanol–water partition coefficient (Wildman–Crippen LogP) is 2.47. The summed E-state index contributed by atoms with van der Waals surface area (Å²) in [6.07, 6.45) is 0.559. The van der Waals surface area contributed by atoms with Crippen molar-refractivity contribution in [2.75, 3.05) is 13.7 Å². The summed E-state index contributed by atoms with van der Waals surface area (Å²) >= 11 is 0. The standard InChI is InChI=1S/C22H21N3O3/c1-28-15-8-6-14(7-9-15)11-24-13-21(26)25-12-19-17(10-20(25)22(24)27)16-4-2-3-5-18(16)23-19/h2-9,20,23H,10-13H2,1H3/t20-/m0/s1. The Morgan fingerprint density at radius 1 is 1.07 bits per heavy atom. The number of hydrogen-bond acceptors (Lipinski definition) is 3. The van der Waals surface area contributed by atoms with Gasteiger partial charge >= 0.3 is 0 Å². The van der Waals surface area contributed by atoms with E-state index >= 15 is 0 Å². The van der Waals surface area contributed by atoms with Crippen molar-refractivity contribution < 1.29 is 14.3 Å². The molecule has 2 aromatic carbocycles. The third kappa shape index (κ3) is 2.64. The molecule has 3 heterocycles. The molecule has 2 aliphatic heterocycles. The van der Waals surface area contributed by atoms with Gasteiger partial charge in [-0.1, -0.05) is 30.3 Å². The Hall–Kier alpha value is -3.28. The second-order valence-electron chi connectivity index (χ2n) is 7.41. The summed E-state index contributed by atoms with van der Waals surface area (Å²) in [5, 5.41) is 1.14. The summed E-state index contributed by atoms with van der Waals surface area (Å²) < 4.78 is 5.18. The molecule has 3 aromatic rings. The number of para-hydroxylation sites is 1. The molecule has 2 amide bonds. The van der Waals surface area contributed by atoms with Crippen LogP contribution in [0.2, 0.25) is 0 Å². The van der Waals surface area contributed by atoms with Gasteiger partial charge < -0.3 is 19.5 Å². The molecular formula is C22H21N3O3. The Kier molecular flexibility index (Phi) is 3.86. The number of nitrogens with one attached hydrogen (secondary N) is 1. The summed E-state index contributed by atoms with van der Waals surface area (Å²) in [5.41, 5.74) is 4.24. The first-order valence-corrected chi connectivity index (χ1v) is 9.43.